The van der Waals surface area contributed by atoms with Gasteiger partial charge >= 0.3 is 6.03 Å². The molecule has 0 saturated carbocycles. The van der Waals surface area contributed by atoms with Crippen molar-refractivity contribution in [2.24, 2.45) is 4.99 Å². The van der Waals surface area contributed by atoms with Crippen LogP contribution in [0.25, 0.3) is 0 Å². The number of amides is 3. The third-order valence-corrected chi connectivity index (χ3v) is 3.97. The van der Waals surface area contributed by atoms with Gasteiger partial charge in [-0.25, -0.2) is 4.79 Å². The molecule has 0 aliphatic carbocycles. The Morgan fingerprint density at radius 1 is 1.60 bits per heavy atom. The average Bonchev–Trinajstić information content (AvgIpc) is 2.70. The summed E-state index contributed by atoms with van der Waals surface area (Å²) in [6.07, 6.45) is 0. The Bertz CT molecular complexity index is 294. The van der Waals surface area contributed by atoms with Gasteiger partial charge in [-0.3, -0.25) is 15.1 Å². The summed E-state index contributed by atoms with van der Waals surface area (Å²) in [5.74, 6) is 0.682. The number of hydrogen-bond acceptors (Lipinski definition) is 5. The Hall–Kier alpha value is -0.690. The average molecular weight is 247 g/mol. The summed E-state index contributed by atoms with van der Waals surface area (Å²) in [4.78, 5) is 26.5. The van der Waals surface area contributed by atoms with Crippen molar-refractivity contribution < 1.29 is 9.59 Å². The first-order chi connectivity index (χ1) is 7.13. The zero-order chi connectivity index (χ0) is 11.3. The van der Waals surface area contributed by atoms with Crippen LogP contribution in [-0.4, -0.2) is 40.9 Å². The van der Waals surface area contributed by atoms with Crippen molar-refractivity contribution >= 4 is 39.8 Å². The molecule has 3 amide bonds. The van der Waals surface area contributed by atoms with E-state index in [1.54, 1.807) is 18.7 Å². The van der Waals surface area contributed by atoms with Crippen molar-refractivity contribution in [3.63, 3.8) is 0 Å². The molecule has 0 radical (unpaired) electrons. The molecule has 0 aromatic rings. The predicted octanol–water partition coefficient (Wildman–Crippen LogP) is 0.666. The third-order valence-electron chi connectivity index (χ3n) is 1.67. The molecule has 0 unspecified atom stereocenters. The monoisotopic (exact) mass is 247 g/mol. The minimum absolute atomic E-state index is 0.297. The summed E-state index contributed by atoms with van der Waals surface area (Å²) in [6.45, 7) is 2.57. The summed E-state index contributed by atoms with van der Waals surface area (Å²) >= 11 is 3.03. The lowest BCUT2D eigenvalue weighted by Crippen LogP contribution is -2.41. The lowest BCUT2D eigenvalue weighted by atomic mass is 10.4. The Balaban J connectivity index is 2.35. The zero-order valence-corrected chi connectivity index (χ0v) is 10.2. The second-order valence-corrected chi connectivity index (χ2v) is 5.50. The lowest BCUT2D eigenvalue weighted by molar-refractivity contribution is -0.119. The van der Waals surface area contributed by atoms with Gasteiger partial charge in [0.25, 0.3) is 0 Å². The third kappa shape index (κ3) is 4.13. The van der Waals surface area contributed by atoms with Crippen molar-refractivity contribution in [1.82, 2.24) is 10.6 Å². The van der Waals surface area contributed by atoms with Gasteiger partial charge in [-0.1, -0.05) is 23.5 Å². The number of rotatable bonds is 2. The molecule has 1 rings (SSSR count). The van der Waals surface area contributed by atoms with Gasteiger partial charge in [0.05, 0.1) is 11.8 Å². The van der Waals surface area contributed by atoms with E-state index in [0.29, 0.717) is 0 Å². The molecule has 0 saturated heterocycles. The topological polar surface area (TPSA) is 70.6 Å². The van der Waals surface area contributed by atoms with Crippen molar-refractivity contribution in [1.29, 1.82) is 0 Å². The van der Waals surface area contributed by atoms with E-state index in [4.69, 9.17) is 0 Å². The quantitative estimate of drug-likeness (QED) is 0.752. The van der Waals surface area contributed by atoms with E-state index in [0.717, 1.165) is 16.7 Å². The molecule has 0 spiro atoms. The molecule has 1 aliphatic heterocycles. The molecule has 0 aromatic carbocycles. The van der Waals surface area contributed by atoms with Gasteiger partial charge in [-0.15, -0.1) is 0 Å². The summed E-state index contributed by atoms with van der Waals surface area (Å²) < 4.78 is 0.926. The van der Waals surface area contributed by atoms with Gasteiger partial charge in [-0.2, -0.15) is 0 Å². The highest BCUT2D eigenvalue weighted by Gasteiger charge is 2.19. The van der Waals surface area contributed by atoms with Gasteiger partial charge in [0.1, 0.15) is 4.38 Å². The van der Waals surface area contributed by atoms with E-state index in [1.165, 1.54) is 18.8 Å². The standard InChI is InChI=1S/C8H13N3O2S2/c1-5(6(12)11-7(13)9-2)15-8-10-3-4-14-8/h5H,3-4H2,1-2H3,(H2,9,11,12,13)/t5-/m1/s1. The second kappa shape index (κ2) is 6.02. The maximum atomic E-state index is 11.4. The minimum Gasteiger partial charge on any atom is -0.341 e. The summed E-state index contributed by atoms with van der Waals surface area (Å²) in [6, 6.07) is -0.478. The summed E-state index contributed by atoms with van der Waals surface area (Å²) in [5, 5.41) is 4.26. The van der Waals surface area contributed by atoms with E-state index in [9.17, 15) is 9.59 Å². The largest absolute Gasteiger partial charge is 0.341 e. The van der Waals surface area contributed by atoms with Gasteiger partial charge in [0.15, 0.2) is 0 Å². The van der Waals surface area contributed by atoms with Crippen LogP contribution >= 0.6 is 23.5 Å². The number of nitrogens with one attached hydrogen (secondary N) is 2. The second-order valence-electron chi connectivity index (χ2n) is 2.82. The molecule has 0 aromatic heterocycles. The highest BCUT2D eigenvalue weighted by atomic mass is 32.2. The van der Waals surface area contributed by atoms with Crippen LogP contribution in [-0.2, 0) is 4.79 Å². The molecule has 5 nitrogen and oxygen atoms in total. The number of nitrogens with zero attached hydrogens (tertiary/aromatic N) is 1. The van der Waals surface area contributed by atoms with Crippen LogP contribution in [0.5, 0.6) is 0 Å². The maximum absolute atomic E-state index is 11.4. The van der Waals surface area contributed by atoms with E-state index in [2.05, 4.69) is 15.6 Å². The van der Waals surface area contributed by atoms with Crippen LogP contribution in [0.4, 0.5) is 4.79 Å². The Morgan fingerprint density at radius 2 is 2.33 bits per heavy atom. The van der Waals surface area contributed by atoms with Crippen molar-refractivity contribution in [3.05, 3.63) is 0 Å². The van der Waals surface area contributed by atoms with E-state index < -0.39 is 6.03 Å². The highest BCUT2D eigenvalue weighted by Crippen LogP contribution is 2.25. The van der Waals surface area contributed by atoms with Crippen molar-refractivity contribution in [3.8, 4) is 0 Å². The van der Waals surface area contributed by atoms with E-state index >= 15 is 0 Å². The number of hydrogen-bond donors (Lipinski definition) is 2. The molecule has 0 fully saturated rings. The fraction of sp³-hybridized carbons (Fsp3) is 0.625. The summed E-state index contributed by atoms with van der Waals surface area (Å²) in [5.41, 5.74) is 0. The Labute approximate surface area is 96.9 Å². The molecule has 0 bridgehead atoms. The van der Waals surface area contributed by atoms with Crippen molar-refractivity contribution in [2.75, 3.05) is 19.3 Å². The van der Waals surface area contributed by atoms with Gasteiger partial charge < -0.3 is 5.32 Å². The number of thioether (sulfide) groups is 2. The SMILES string of the molecule is CNC(=O)NC(=O)[C@@H](C)SC1=NCCS1. The van der Waals surface area contributed by atoms with Crippen LogP contribution in [0.3, 0.4) is 0 Å². The molecule has 15 heavy (non-hydrogen) atoms. The van der Waals surface area contributed by atoms with Crippen LogP contribution in [0, 0.1) is 0 Å². The number of carbonyl (C=O) groups is 2. The van der Waals surface area contributed by atoms with Gasteiger partial charge in [0.2, 0.25) is 5.91 Å². The fourth-order valence-electron chi connectivity index (χ4n) is 0.868. The molecular weight excluding hydrogens is 234 g/mol. The van der Waals surface area contributed by atoms with E-state index in [1.807, 2.05) is 0 Å². The molecule has 2 N–H and O–H groups in total. The van der Waals surface area contributed by atoms with Crippen LogP contribution < -0.4 is 10.6 Å². The summed E-state index contributed by atoms with van der Waals surface area (Å²) in [7, 11) is 1.47. The number of carbonyl (C=O) groups excluding carboxylic acids is 2. The molecular formula is C8H13N3O2S2. The fourth-order valence-corrected chi connectivity index (χ4v) is 3.00. The number of imide groups is 1. The van der Waals surface area contributed by atoms with E-state index in [-0.39, 0.29) is 11.2 Å². The first-order valence-electron chi connectivity index (χ1n) is 4.50. The first kappa shape index (κ1) is 12.4. The smallest absolute Gasteiger partial charge is 0.321 e. The maximum Gasteiger partial charge on any atom is 0.321 e. The zero-order valence-electron chi connectivity index (χ0n) is 8.57. The predicted molar refractivity (Wildman–Crippen MR) is 64.4 cm³/mol. The minimum atomic E-state index is -0.478. The van der Waals surface area contributed by atoms with Gasteiger partial charge in [0, 0.05) is 12.8 Å². The van der Waals surface area contributed by atoms with Crippen LogP contribution in [0.15, 0.2) is 4.99 Å². The molecule has 1 aliphatic rings. The highest BCUT2D eigenvalue weighted by molar-refractivity contribution is 8.39. The number of aliphatic imine (C=N–C) groups is 1. The van der Waals surface area contributed by atoms with Crippen molar-refractivity contribution in [2.45, 2.75) is 12.2 Å². The van der Waals surface area contributed by atoms with Gasteiger partial charge in [-0.05, 0) is 6.92 Å². The van der Waals surface area contributed by atoms with Crippen LogP contribution in [0.2, 0.25) is 0 Å². The molecule has 7 heteroatoms. The number of urea groups is 1. The Morgan fingerprint density at radius 3 is 2.87 bits per heavy atom. The molecule has 1 heterocycles. The first-order valence-corrected chi connectivity index (χ1v) is 6.36. The molecule has 1 atom stereocenters. The lowest BCUT2D eigenvalue weighted by Gasteiger charge is -2.09. The Kier molecular flexibility index (Phi) is 4.97. The normalized spacial score (nSPS) is 16.8. The van der Waals surface area contributed by atoms with Crippen LogP contribution in [0.1, 0.15) is 6.92 Å². The molecule has 84 valence electrons.